The first-order chi connectivity index (χ1) is 13.8. The Morgan fingerprint density at radius 3 is 1.83 bits per heavy atom. The molecule has 5 unspecified atom stereocenters. The normalized spacial score (nSPS) is 16.0. The molecule has 13 nitrogen and oxygen atoms in total. The molecule has 0 fully saturated rings. The number of carboxylic acid groups (broad SMARTS) is 1. The van der Waals surface area contributed by atoms with Gasteiger partial charge in [0.15, 0.2) is 0 Å². The van der Waals surface area contributed by atoms with E-state index >= 15 is 0 Å². The number of nitrogens with one attached hydrogen (secondary N) is 3. The van der Waals surface area contributed by atoms with Crippen LogP contribution in [0.25, 0.3) is 0 Å². The highest BCUT2D eigenvalue weighted by molar-refractivity contribution is 5.96. The van der Waals surface area contributed by atoms with Crippen LogP contribution in [0.4, 0.5) is 0 Å². The zero-order valence-corrected chi connectivity index (χ0v) is 17.1. The number of aliphatic hydroxyl groups is 2. The van der Waals surface area contributed by atoms with Gasteiger partial charge in [0.2, 0.25) is 23.6 Å². The summed E-state index contributed by atoms with van der Waals surface area (Å²) >= 11 is 0. The maximum atomic E-state index is 12.5. The van der Waals surface area contributed by atoms with Crippen LogP contribution < -0.4 is 27.4 Å². The van der Waals surface area contributed by atoms with Crippen molar-refractivity contribution >= 4 is 29.6 Å². The topological polar surface area (TPSA) is 234 Å². The zero-order chi connectivity index (χ0) is 23.6. The van der Waals surface area contributed by atoms with Crippen LogP contribution in [0.3, 0.4) is 0 Å². The first-order valence-corrected chi connectivity index (χ1v) is 9.26. The quantitative estimate of drug-likeness (QED) is 0.142. The fraction of sp³-hybridized carbons (Fsp3) is 0.706. The summed E-state index contributed by atoms with van der Waals surface area (Å²) in [6.07, 6.45) is -1.97. The molecule has 5 atom stereocenters. The third-order valence-corrected chi connectivity index (χ3v) is 3.96. The lowest BCUT2D eigenvalue weighted by Gasteiger charge is -2.26. The minimum absolute atomic E-state index is 0.0584. The van der Waals surface area contributed by atoms with Crippen molar-refractivity contribution in [2.24, 2.45) is 17.4 Å². The van der Waals surface area contributed by atoms with Crippen molar-refractivity contribution in [3.8, 4) is 0 Å². The number of carbonyl (C=O) groups excluding carboxylic acids is 4. The van der Waals surface area contributed by atoms with Crippen molar-refractivity contribution in [3.63, 3.8) is 0 Å². The van der Waals surface area contributed by atoms with Gasteiger partial charge in [-0.3, -0.25) is 19.2 Å². The Bertz CT molecular complexity index is 640. The second-order valence-electron chi connectivity index (χ2n) is 7.28. The lowest BCUT2D eigenvalue weighted by atomic mass is 10.0. The van der Waals surface area contributed by atoms with Gasteiger partial charge in [-0.2, -0.15) is 0 Å². The van der Waals surface area contributed by atoms with Gasteiger partial charge in [-0.1, -0.05) is 13.8 Å². The third kappa shape index (κ3) is 9.62. The molecule has 0 saturated carbocycles. The molecule has 0 aromatic carbocycles. The molecule has 0 bridgehead atoms. The van der Waals surface area contributed by atoms with E-state index < -0.39 is 72.9 Å². The fourth-order valence-electron chi connectivity index (χ4n) is 2.39. The molecule has 0 heterocycles. The van der Waals surface area contributed by atoms with E-state index in [0.717, 1.165) is 0 Å². The Labute approximate surface area is 173 Å². The number of rotatable bonds is 13. The van der Waals surface area contributed by atoms with Gasteiger partial charge in [0.25, 0.3) is 0 Å². The molecule has 13 heteroatoms. The van der Waals surface area contributed by atoms with Gasteiger partial charge in [-0.15, -0.1) is 0 Å². The monoisotopic (exact) mass is 433 g/mol. The molecule has 30 heavy (non-hydrogen) atoms. The molecule has 0 aromatic rings. The number of aliphatic hydroxyl groups excluding tert-OH is 2. The predicted molar refractivity (Wildman–Crippen MR) is 103 cm³/mol. The van der Waals surface area contributed by atoms with E-state index in [0.29, 0.717) is 0 Å². The Morgan fingerprint density at radius 1 is 0.900 bits per heavy atom. The molecule has 0 spiro atoms. The van der Waals surface area contributed by atoms with Gasteiger partial charge >= 0.3 is 5.97 Å². The van der Waals surface area contributed by atoms with E-state index in [1.54, 1.807) is 13.8 Å². The first kappa shape index (κ1) is 27.2. The minimum atomic E-state index is -1.58. The van der Waals surface area contributed by atoms with Crippen LogP contribution in [0.5, 0.6) is 0 Å². The third-order valence-electron chi connectivity index (χ3n) is 3.96. The van der Waals surface area contributed by atoms with Crippen LogP contribution in [0.2, 0.25) is 0 Å². The smallest absolute Gasteiger partial charge is 0.326 e. The van der Waals surface area contributed by atoms with Gasteiger partial charge in [0.1, 0.15) is 24.2 Å². The van der Waals surface area contributed by atoms with Gasteiger partial charge in [0, 0.05) is 0 Å². The zero-order valence-electron chi connectivity index (χ0n) is 17.1. The van der Waals surface area contributed by atoms with Crippen molar-refractivity contribution in [3.05, 3.63) is 0 Å². The van der Waals surface area contributed by atoms with Crippen LogP contribution in [-0.4, -0.2) is 81.8 Å². The number of hydrogen-bond acceptors (Lipinski definition) is 8. The average molecular weight is 433 g/mol. The van der Waals surface area contributed by atoms with Crippen LogP contribution in [-0.2, 0) is 24.0 Å². The standard InChI is InChI=1S/C17H31N5O8/c1-7(2)4-11(17(29)30)21-16(28)13(8(3)24)22-15(27)10(5-12(19)25)20-14(26)9(18)6-23/h7-11,13,23-24H,4-6,18H2,1-3H3,(H2,19,25)(H,20,26)(H,21,28)(H,22,27)(H,29,30). The van der Waals surface area contributed by atoms with E-state index in [1.165, 1.54) is 6.92 Å². The molecule has 0 radical (unpaired) electrons. The predicted octanol–water partition coefficient (Wildman–Crippen LogP) is -3.85. The SMILES string of the molecule is CC(C)CC(NC(=O)C(NC(=O)C(CC(N)=O)NC(=O)C(N)CO)C(C)O)C(=O)O. The van der Waals surface area contributed by atoms with Gasteiger partial charge in [-0.05, 0) is 19.3 Å². The Morgan fingerprint density at radius 2 is 1.43 bits per heavy atom. The van der Waals surface area contributed by atoms with Crippen LogP contribution in [0, 0.1) is 5.92 Å². The molecule has 4 amide bonds. The fourth-order valence-corrected chi connectivity index (χ4v) is 2.39. The number of hydrogen-bond donors (Lipinski definition) is 8. The summed E-state index contributed by atoms with van der Waals surface area (Å²) in [7, 11) is 0. The van der Waals surface area contributed by atoms with Crippen LogP contribution in [0.1, 0.15) is 33.6 Å². The van der Waals surface area contributed by atoms with E-state index in [2.05, 4.69) is 16.0 Å². The molecular formula is C17H31N5O8. The van der Waals surface area contributed by atoms with E-state index in [9.17, 15) is 34.2 Å². The Hall–Kier alpha value is -2.77. The molecule has 0 aliphatic rings. The summed E-state index contributed by atoms with van der Waals surface area (Å²) in [5.74, 6) is -5.25. The van der Waals surface area contributed by atoms with Crippen LogP contribution >= 0.6 is 0 Å². The minimum Gasteiger partial charge on any atom is -0.480 e. The van der Waals surface area contributed by atoms with Crippen molar-refractivity contribution in [1.82, 2.24) is 16.0 Å². The number of amides is 4. The Balaban J connectivity index is 5.40. The molecule has 0 rings (SSSR count). The van der Waals surface area contributed by atoms with E-state index in [1.807, 2.05) is 0 Å². The lowest BCUT2D eigenvalue weighted by Crippen LogP contribution is -2.60. The first-order valence-electron chi connectivity index (χ1n) is 9.26. The summed E-state index contributed by atoms with van der Waals surface area (Å²) in [5.41, 5.74) is 10.4. The number of primary amides is 1. The van der Waals surface area contributed by atoms with Gasteiger partial charge < -0.3 is 42.7 Å². The number of carbonyl (C=O) groups is 5. The summed E-state index contributed by atoms with van der Waals surface area (Å²) in [6, 6.07) is -5.73. The highest BCUT2D eigenvalue weighted by Gasteiger charge is 2.33. The second-order valence-corrected chi connectivity index (χ2v) is 7.28. The lowest BCUT2D eigenvalue weighted by molar-refractivity contribution is -0.143. The summed E-state index contributed by atoms with van der Waals surface area (Å²) in [6.45, 7) is 3.97. The second kappa shape index (κ2) is 12.7. The summed E-state index contributed by atoms with van der Waals surface area (Å²) in [4.78, 5) is 59.3. The highest BCUT2D eigenvalue weighted by Crippen LogP contribution is 2.06. The molecule has 0 aliphatic heterocycles. The summed E-state index contributed by atoms with van der Waals surface area (Å²) < 4.78 is 0. The van der Waals surface area contributed by atoms with Crippen LogP contribution in [0.15, 0.2) is 0 Å². The van der Waals surface area contributed by atoms with Crippen molar-refractivity contribution < 1.29 is 39.3 Å². The largest absolute Gasteiger partial charge is 0.480 e. The van der Waals surface area contributed by atoms with Crippen molar-refractivity contribution in [2.75, 3.05) is 6.61 Å². The summed E-state index contributed by atoms with van der Waals surface area (Å²) in [5, 5.41) is 34.6. The van der Waals surface area contributed by atoms with E-state index in [4.69, 9.17) is 16.6 Å². The molecule has 10 N–H and O–H groups in total. The molecule has 0 aromatic heterocycles. The Kier molecular flexibility index (Phi) is 11.5. The van der Waals surface area contributed by atoms with Gasteiger partial charge in [-0.25, -0.2) is 4.79 Å². The molecule has 0 aliphatic carbocycles. The van der Waals surface area contributed by atoms with E-state index in [-0.39, 0.29) is 12.3 Å². The average Bonchev–Trinajstić information content (AvgIpc) is 2.62. The number of aliphatic carboxylic acids is 1. The van der Waals surface area contributed by atoms with Gasteiger partial charge in [0.05, 0.1) is 19.1 Å². The number of nitrogens with two attached hydrogens (primary N) is 2. The van der Waals surface area contributed by atoms with Crippen molar-refractivity contribution in [2.45, 2.75) is 63.9 Å². The molecule has 172 valence electrons. The van der Waals surface area contributed by atoms with Crippen molar-refractivity contribution in [1.29, 1.82) is 0 Å². The number of carboxylic acids is 1. The molecule has 0 saturated heterocycles. The maximum Gasteiger partial charge on any atom is 0.326 e. The maximum absolute atomic E-state index is 12.5. The molecular weight excluding hydrogens is 402 g/mol. The highest BCUT2D eigenvalue weighted by atomic mass is 16.4.